The Hall–Kier alpha value is -2.76. The van der Waals surface area contributed by atoms with Gasteiger partial charge in [0.2, 0.25) is 15.9 Å². The highest BCUT2D eigenvalue weighted by Crippen LogP contribution is 2.25. The van der Waals surface area contributed by atoms with Gasteiger partial charge >= 0.3 is 0 Å². The third-order valence-electron chi connectivity index (χ3n) is 5.08. The Morgan fingerprint density at radius 1 is 1.00 bits per heavy atom. The van der Waals surface area contributed by atoms with Crippen molar-refractivity contribution >= 4 is 27.3 Å². The number of carbonyl (C=O) groups excluding carboxylic acids is 1. The maximum absolute atomic E-state index is 13.4. The molecule has 1 aromatic heterocycles. The molecule has 32 heavy (non-hydrogen) atoms. The second-order valence-corrected chi connectivity index (χ2v) is 9.99. The Morgan fingerprint density at radius 3 is 2.44 bits per heavy atom. The zero-order valence-electron chi connectivity index (χ0n) is 16.7. The van der Waals surface area contributed by atoms with Crippen LogP contribution in [0, 0.1) is 17.5 Å². The zero-order valence-corrected chi connectivity index (χ0v) is 18.3. The van der Waals surface area contributed by atoms with Crippen molar-refractivity contribution in [2.24, 2.45) is 0 Å². The molecule has 1 amide bonds. The number of aromatic nitrogens is 1. The minimum Gasteiger partial charge on any atom is -0.340 e. The van der Waals surface area contributed by atoms with Gasteiger partial charge in [-0.05, 0) is 30.3 Å². The normalized spacial score (nSPS) is 15.2. The Balaban J connectivity index is 1.37. The molecule has 0 aliphatic carbocycles. The van der Waals surface area contributed by atoms with Crippen LogP contribution in [0.1, 0.15) is 5.69 Å². The van der Waals surface area contributed by atoms with Gasteiger partial charge in [0.1, 0.15) is 10.8 Å². The molecule has 168 valence electrons. The van der Waals surface area contributed by atoms with Crippen LogP contribution < -0.4 is 0 Å². The molecule has 2 heterocycles. The van der Waals surface area contributed by atoms with Crippen molar-refractivity contribution in [1.82, 2.24) is 14.2 Å². The van der Waals surface area contributed by atoms with Gasteiger partial charge in [-0.15, -0.1) is 11.3 Å². The van der Waals surface area contributed by atoms with E-state index in [4.69, 9.17) is 0 Å². The van der Waals surface area contributed by atoms with Gasteiger partial charge in [-0.3, -0.25) is 4.79 Å². The van der Waals surface area contributed by atoms with Crippen LogP contribution >= 0.6 is 11.3 Å². The van der Waals surface area contributed by atoms with Crippen molar-refractivity contribution in [1.29, 1.82) is 0 Å². The molecule has 1 fully saturated rings. The van der Waals surface area contributed by atoms with Crippen LogP contribution in [0.15, 0.2) is 52.7 Å². The van der Waals surface area contributed by atoms with E-state index in [-0.39, 0.29) is 49.2 Å². The Bertz CT molecular complexity index is 1260. The van der Waals surface area contributed by atoms with E-state index in [9.17, 15) is 26.4 Å². The predicted octanol–water partition coefficient (Wildman–Crippen LogP) is 3.30. The average Bonchev–Trinajstić information content (AvgIpc) is 3.24. The third-order valence-corrected chi connectivity index (χ3v) is 7.91. The fourth-order valence-electron chi connectivity index (χ4n) is 3.37. The first-order valence-corrected chi connectivity index (χ1v) is 12.0. The van der Waals surface area contributed by atoms with Gasteiger partial charge in [-0.25, -0.2) is 26.6 Å². The van der Waals surface area contributed by atoms with Crippen LogP contribution in [-0.2, 0) is 21.2 Å². The van der Waals surface area contributed by atoms with Gasteiger partial charge in [0, 0.05) is 37.1 Å². The molecule has 0 spiro atoms. The lowest BCUT2D eigenvalue weighted by atomic mass is 10.2. The van der Waals surface area contributed by atoms with E-state index < -0.39 is 21.7 Å². The number of piperazine rings is 1. The van der Waals surface area contributed by atoms with Crippen LogP contribution in [0.5, 0.6) is 0 Å². The van der Waals surface area contributed by atoms with Crippen molar-refractivity contribution in [3.63, 3.8) is 0 Å². The monoisotopic (exact) mass is 481 g/mol. The van der Waals surface area contributed by atoms with E-state index in [0.717, 1.165) is 16.4 Å². The summed E-state index contributed by atoms with van der Waals surface area (Å²) in [5, 5.41) is 2.34. The number of thiazole rings is 1. The van der Waals surface area contributed by atoms with Crippen LogP contribution in [-0.4, -0.2) is 54.7 Å². The van der Waals surface area contributed by atoms with Gasteiger partial charge in [-0.1, -0.05) is 12.1 Å². The number of hydrogen-bond acceptors (Lipinski definition) is 5. The number of sulfonamides is 1. The summed E-state index contributed by atoms with van der Waals surface area (Å²) in [7, 11) is -3.99. The molecule has 4 rings (SSSR count). The van der Waals surface area contributed by atoms with Gasteiger partial charge in [-0.2, -0.15) is 4.31 Å². The summed E-state index contributed by atoms with van der Waals surface area (Å²) in [5.74, 6) is -2.93. The second kappa shape index (κ2) is 9.00. The number of hydrogen-bond donors (Lipinski definition) is 0. The Kier molecular flexibility index (Phi) is 6.31. The van der Waals surface area contributed by atoms with Gasteiger partial charge in [0.25, 0.3) is 0 Å². The maximum atomic E-state index is 13.4. The Morgan fingerprint density at radius 2 is 1.75 bits per heavy atom. The second-order valence-electron chi connectivity index (χ2n) is 7.19. The SMILES string of the molecule is O=C(Cc1csc(-c2cccc(F)c2)n1)N1CCN(S(=O)(=O)c2ccc(F)c(F)c2)CC1. The van der Waals surface area contributed by atoms with Crippen LogP contribution in [0.3, 0.4) is 0 Å². The third kappa shape index (κ3) is 4.69. The fraction of sp³-hybridized carbons (Fsp3) is 0.238. The summed E-state index contributed by atoms with van der Waals surface area (Å²) >= 11 is 1.31. The van der Waals surface area contributed by atoms with Crippen molar-refractivity contribution in [3.05, 3.63) is 71.0 Å². The lowest BCUT2D eigenvalue weighted by Crippen LogP contribution is -2.50. The van der Waals surface area contributed by atoms with E-state index in [0.29, 0.717) is 22.3 Å². The quantitative estimate of drug-likeness (QED) is 0.561. The minimum atomic E-state index is -3.99. The molecular formula is C21H18F3N3O3S2. The summed E-state index contributed by atoms with van der Waals surface area (Å²) < 4.78 is 66.5. The number of carbonyl (C=O) groups is 1. The molecule has 0 saturated carbocycles. The lowest BCUT2D eigenvalue weighted by molar-refractivity contribution is -0.131. The average molecular weight is 482 g/mol. The summed E-state index contributed by atoms with van der Waals surface area (Å²) in [6, 6.07) is 8.48. The lowest BCUT2D eigenvalue weighted by Gasteiger charge is -2.34. The molecule has 1 aliphatic rings. The van der Waals surface area contributed by atoms with Crippen LogP contribution in [0.25, 0.3) is 10.6 Å². The summed E-state index contributed by atoms with van der Waals surface area (Å²) in [6.07, 6.45) is 0.0434. The predicted molar refractivity (Wildman–Crippen MR) is 113 cm³/mol. The molecule has 3 aromatic rings. The molecule has 6 nitrogen and oxygen atoms in total. The van der Waals surface area contributed by atoms with E-state index in [1.165, 1.54) is 23.5 Å². The zero-order chi connectivity index (χ0) is 22.9. The van der Waals surface area contributed by atoms with Crippen LogP contribution in [0.2, 0.25) is 0 Å². The standard InChI is InChI=1S/C21H18F3N3O3S2/c22-15-3-1-2-14(10-15)21-25-16(13-31-21)11-20(28)26-6-8-27(9-7-26)32(29,30)17-4-5-18(23)19(24)12-17/h1-5,10,12-13H,6-9,11H2. The van der Waals surface area contributed by atoms with Gasteiger partial charge in [0.15, 0.2) is 11.6 Å². The number of benzene rings is 2. The van der Waals surface area contributed by atoms with Crippen LogP contribution in [0.4, 0.5) is 13.2 Å². The number of rotatable bonds is 5. The largest absolute Gasteiger partial charge is 0.340 e. The van der Waals surface area contributed by atoms with Crippen molar-refractivity contribution in [2.75, 3.05) is 26.2 Å². The van der Waals surface area contributed by atoms with Crippen molar-refractivity contribution < 1.29 is 26.4 Å². The molecule has 0 N–H and O–H groups in total. The first-order valence-electron chi connectivity index (χ1n) is 9.67. The van der Waals surface area contributed by atoms with Crippen molar-refractivity contribution in [3.8, 4) is 10.6 Å². The first-order chi connectivity index (χ1) is 15.2. The molecule has 0 unspecified atom stereocenters. The molecule has 0 atom stereocenters. The molecule has 1 saturated heterocycles. The fourth-order valence-corrected chi connectivity index (χ4v) is 5.62. The minimum absolute atomic E-state index is 0.0404. The topological polar surface area (TPSA) is 70.6 Å². The maximum Gasteiger partial charge on any atom is 0.243 e. The summed E-state index contributed by atoms with van der Waals surface area (Å²) in [4.78, 5) is 18.3. The molecular weight excluding hydrogens is 463 g/mol. The van der Waals surface area contributed by atoms with Gasteiger partial charge in [0.05, 0.1) is 17.0 Å². The molecule has 2 aromatic carbocycles. The molecule has 0 radical (unpaired) electrons. The first kappa shape index (κ1) is 22.4. The van der Waals surface area contributed by atoms with E-state index in [1.54, 1.807) is 22.4 Å². The number of amides is 1. The molecule has 1 aliphatic heterocycles. The van der Waals surface area contributed by atoms with E-state index in [2.05, 4.69) is 4.98 Å². The van der Waals surface area contributed by atoms with Crippen molar-refractivity contribution in [2.45, 2.75) is 11.3 Å². The highest BCUT2D eigenvalue weighted by Gasteiger charge is 2.30. The Labute approximate surface area is 187 Å². The smallest absolute Gasteiger partial charge is 0.243 e. The molecule has 0 bridgehead atoms. The van der Waals surface area contributed by atoms with Gasteiger partial charge < -0.3 is 4.90 Å². The highest BCUT2D eigenvalue weighted by atomic mass is 32.2. The molecule has 11 heteroatoms. The van der Waals surface area contributed by atoms with E-state index in [1.807, 2.05) is 0 Å². The summed E-state index contributed by atoms with van der Waals surface area (Å²) in [6.45, 7) is 0.419. The number of halogens is 3. The van der Waals surface area contributed by atoms with E-state index >= 15 is 0 Å². The summed E-state index contributed by atoms with van der Waals surface area (Å²) in [5.41, 5.74) is 1.18. The highest BCUT2D eigenvalue weighted by molar-refractivity contribution is 7.89. The number of nitrogens with zero attached hydrogens (tertiary/aromatic N) is 3.